The van der Waals surface area contributed by atoms with Gasteiger partial charge in [-0.2, -0.15) is 0 Å². The molecule has 0 unspecified atom stereocenters. The largest absolute Gasteiger partial charge is 0.119 e. The van der Waals surface area contributed by atoms with Crippen molar-refractivity contribution in [2.75, 3.05) is 17.3 Å². The van der Waals surface area contributed by atoms with Crippen molar-refractivity contribution in [2.45, 2.75) is 290 Å². The number of hydrogen-bond acceptors (Lipinski definition) is 3. The summed E-state index contributed by atoms with van der Waals surface area (Å²) in [5.41, 5.74) is 0. The number of rotatable bonds is 49. The third kappa shape index (κ3) is 48.0. The fourth-order valence-electron chi connectivity index (χ4n) is 7.75. The first-order valence-corrected chi connectivity index (χ1v) is 29.5. The van der Waals surface area contributed by atoms with E-state index in [0.717, 1.165) is 15.1 Å². The van der Waals surface area contributed by atoms with Crippen LogP contribution in [0.15, 0.2) is 19.7 Å². The minimum absolute atomic E-state index is 0.754. The summed E-state index contributed by atoms with van der Waals surface area (Å²) in [5.74, 6) is 3.47. The lowest BCUT2D eigenvalue weighted by Crippen LogP contribution is -1.87. The number of allylic oxidation sites excluding steroid dienone is 2. The quantitative estimate of drug-likeness (QED) is 0.0441. The maximum atomic E-state index is 6.86. The summed E-state index contributed by atoms with van der Waals surface area (Å²) < 4.78 is 2.16. The Labute approximate surface area is 383 Å². The third-order valence-corrected chi connectivity index (χ3v) is 16.1. The maximum Gasteiger partial charge on any atom is 0.0922 e. The highest BCUT2D eigenvalue weighted by molar-refractivity contribution is 8.22. The van der Waals surface area contributed by atoms with Crippen molar-refractivity contribution >= 4 is 58.5 Å². The summed E-state index contributed by atoms with van der Waals surface area (Å²) in [4.78, 5) is 0. The zero-order valence-corrected chi connectivity index (χ0v) is 42.8. The molecule has 340 valence electrons. The van der Waals surface area contributed by atoms with Crippen molar-refractivity contribution in [1.29, 1.82) is 0 Å². The molecule has 0 fully saturated rings. The van der Waals surface area contributed by atoms with Crippen LogP contribution in [0.3, 0.4) is 0 Å². The zero-order valence-electron chi connectivity index (χ0n) is 38.9. The number of unbranched alkanes of at least 4 members (excludes halogenated alkanes) is 39. The fourth-order valence-corrected chi connectivity index (χ4v) is 11.5. The van der Waals surface area contributed by atoms with Crippen LogP contribution in [-0.2, 0) is 0 Å². The maximum absolute atomic E-state index is 6.86. The van der Waals surface area contributed by atoms with Gasteiger partial charge in [0, 0.05) is 4.24 Å². The molecule has 0 spiro atoms. The number of hydrogen-bond donors (Lipinski definition) is 0. The molecule has 0 aliphatic carbocycles. The third-order valence-electron chi connectivity index (χ3n) is 11.6. The Bertz CT molecular complexity index is 792. The Morgan fingerprint density at radius 1 is 0.281 bits per heavy atom. The van der Waals surface area contributed by atoms with E-state index in [-0.39, 0.29) is 0 Å². The minimum atomic E-state index is 0.754. The Hall–Kier alpha value is 1.11. The molecule has 0 heterocycles. The molecule has 0 amide bonds. The first-order valence-electron chi connectivity index (χ1n) is 25.8. The molecular weight excluding hydrogens is 792 g/mol. The van der Waals surface area contributed by atoms with Gasteiger partial charge in [0.25, 0.3) is 0 Å². The fraction of sp³-hybridized carbons (Fsp3) is 0.923. The summed E-state index contributed by atoms with van der Waals surface area (Å²) in [6, 6.07) is 0. The summed E-state index contributed by atoms with van der Waals surface area (Å²) in [6.45, 7) is 6.92. The SMILES string of the molecule is CCCCCCCCCCCCCCCCSC(=C/C(Cl)=C(\Cl)SCCCCCCCCCCCCCCCC)SCCCCCCCCCCCCCCCC. The average Bonchev–Trinajstić information content (AvgIpc) is 3.21. The van der Waals surface area contributed by atoms with Gasteiger partial charge in [0.05, 0.1) is 9.40 Å². The van der Waals surface area contributed by atoms with E-state index < -0.39 is 0 Å². The second-order valence-electron chi connectivity index (χ2n) is 17.4. The predicted molar refractivity (Wildman–Crippen MR) is 275 cm³/mol. The molecule has 0 aromatic rings. The van der Waals surface area contributed by atoms with Gasteiger partial charge in [-0.25, -0.2) is 0 Å². The van der Waals surface area contributed by atoms with Gasteiger partial charge in [-0.3, -0.25) is 0 Å². The van der Waals surface area contributed by atoms with E-state index in [2.05, 4.69) is 26.8 Å². The molecule has 0 aromatic carbocycles. The van der Waals surface area contributed by atoms with Gasteiger partial charge in [0.15, 0.2) is 0 Å². The molecule has 0 N–H and O–H groups in total. The van der Waals surface area contributed by atoms with Crippen LogP contribution in [0, 0.1) is 0 Å². The highest BCUT2D eigenvalue weighted by atomic mass is 35.5. The van der Waals surface area contributed by atoms with Gasteiger partial charge in [-0.1, -0.05) is 294 Å². The molecule has 0 nitrogen and oxygen atoms in total. The highest BCUT2D eigenvalue weighted by Gasteiger charge is 2.07. The monoisotopic (exact) mass is 891 g/mol. The van der Waals surface area contributed by atoms with Crippen LogP contribution in [-0.4, -0.2) is 17.3 Å². The van der Waals surface area contributed by atoms with Crippen LogP contribution >= 0.6 is 58.5 Å². The van der Waals surface area contributed by atoms with E-state index in [1.165, 1.54) is 285 Å². The van der Waals surface area contributed by atoms with Crippen molar-refractivity contribution < 1.29 is 0 Å². The van der Waals surface area contributed by atoms with Crippen LogP contribution in [0.5, 0.6) is 0 Å². The van der Waals surface area contributed by atoms with Gasteiger partial charge >= 0.3 is 0 Å². The molecule has 0 radical (unpaired) electrons. The Balaban J connectivity index is 4.33. The number of thioether (sulfide) groups is 3. The molecule has 0 bridgehead atoms. The Kier molecular flexibility index (Phi) is 52.5. The lowest BCUT2D eigenvalue weighted by Gasteiger charge is -2.09. The zero-order chi connectivity index (χ0) is 41.4. The van der Waals surface area contributed by atoms with Gasteiger partial charge in [-0.05, 0) is 42.6 Å². The summed E-state index contributed by atoms with van der Waals surface area (Å²) in [5, 5.41) is 0.754. The molecule has 0 aliphatic rings. The lowest BCUT2D eigenvalue weighted by molar-refractivity contribution is 0.538. The van der Waals surface area contributed by atoms with Crippen LogP contribution in [0.2, 0.25) is 0 Å². The van der Waals surface area contributed by atoms with E-state index in [1.54, 1.807) is 11.8 Å². The second-order valence-corrected chi connectivity index (χ2v) is 22.1. The van der Waals surface area contributed by atoms with E-state index in [1.807, 2.05) is 23.5 Å². The number of halogens is 2. The van der Waals surface area contributed by atoms with Crippen LogP contribution < -0.4 is 0 Å². The second kappa shape index (κ2) is 51.5. The van der Waals surface area contributed by atoms with Crippen molar-refractivity contribution in [3.63, 3.8) is 0 Å². The minimum Gasteiger partial charge on any atom is -0.119 e. The van der Waals surface area contributed by atoms with Crippen LogP contribution in [0.25, 0.3) is 0 Å². The summed E-state index contributed by atoms with van der Waals surface area (Å²) >= 11 is 19.4. The first kappa shape index (κ1) is 58.1. The standard InChI is InChI=1S/C52H100Cl2S3/c1-4-7-10-13-16-19-22-25-28-31-34-37-40-43-46-55-51(56-47-44-41-38-35-32-29-26-23-20-17-14-11-8-5-2)49-50(53)52(54)57-48-45-42-39-36-33-30-27-24-21-18-15-12-9-6-3/h49H,4-48H2,1-3H3/b52-50-. The van der Waals surface area contributed by atoms with Gasteiger partial charge in [-0.15, -0.1) is 35.3 Å². The topological polar surface area (TPSA) is 0 Å². The average molecular weight is 892 g/mol. The van der Waals surface area contributed by atoms with Crippen LogP contribution in [0.1, 0.15) is 290 Å². The molecule has 0 aromatic heterocycles. The Morgan fingerprint density at radius 2 is 0.474 bits per heavy atom. The molecule has 0 aliphatic heterocycles. The van der Waals surface area contributed by atoms with Gasteiger partial charge < -0.3 is 0 Å². The van der Waals surface area contributed by atoms with E-state index in [9.17, 15) is 0 Å². The van der Waals surface area contributed by atoms with Crippen LogP contribution in [0.4, 0.5) is 0 Å². The predicted octanol–water partition coefficient (Wildman–Crippen LogP) is 22.1. The molecule has 5 heteroatoms. The molecular formula is C52H100Cl2S3. The lowest BCUT2D eigenvalue weighted by atomic mass is 10.0. The molecule has 0 rings (SSSR count). The van der Waals surface area contributed by atoms with Crippen molar-refractivity contribution in [2.24, 2.45) is 0 Å². The first-order chi connectivity index (χ1) is 28.2. The van der Waals surface area contributed by atoms with Gasteiger partial charge in [0.2, 0.25) is 0 Å². The molecule has 57 heavy (non-hydrogen) atoms. The van der Waals surface area contributed by atoms with Crippen molar-refractivity contribution in [3.05, 3.63) is 19.7 Å². The summed E-state index contributed by atoms with van der Waals surface area (Å²) in [7, 11) is 0. The summed E-state index contributed by atoms with van der Waals surface area (Å²) in [6.07, 6.45) is 61.5. The van der Waals surface area contributed by atoms with Gasteiger partial charge in [0.1, 0.15) is 0 Å². The molecule has 0 saturated carbocycles. The van der Waals surface area contributed by atoms with E-state index in [0.29, 0.717) is 0 Å². The van der Waals surface area contributed by atoms with E-state index >= 15 is 0 Å². The molecule has 0 atom stereocenters. The van der Waals surface area contributed by atoms with Crippen molar-refractivity contribution in [1.82, 2.24) is 0 Å². The normalized spacial score (nSPS) is 12.1. The molecule has 0 saturated heterocycles. The Morgan fingerprint density at radius 3 is 0.702 bits per heavy atom. The van der Waals surface area contributed by atoms with E-state index in [4.69, 9.17) is 23.2 Å². The van der Waals surface area contributed by atoms with Crippen molar-refractivity contribution in [3.8, 4) is 0 Å². The smallest absolute Gasteiger partial charge is 0.0922 e. The highest BCUT2D eigenvalue weighted by Crippen LogP contribution is 2.36.